The second-order valence-corrected chi connectivity index (χ2v) is 5.62. The van der Waals surface area contributed by atoms with E-state index in [9.17, 15) is 4.79 Å². The first kappa shape index (κ1) is 15.9. The molecule has 24 heavy (non-hydrogen) atoms. The monoisotopic (exact) mass is 320 g/mol. The molecule has 2 aromatic carbocycles. The van der Waals surface area contributed by atoms with Crippen LogP contribution in [0.25, 0.3) is 0 Å². The van der Waals surface area contributed by atoms with Crippen LogP contribution in [0, 0.1) is 12.3 Å². The van der Waals surface area contributed by atoms with E-state index < -0.39 is 0 Å². The van der Waals surface area contributed by atoms with Crippen molar-refractivity contribution in [2.75, 3.05) is 18.5 Å². The van der Waals surface area contributed by atoms with E-state index in [1.807, 2.05) is 53.4 Å². The standard InChI is InChI=1S/C20H20N2O2/c1-3-13-22-19(16-10-6-8-12-18(16)24-14-4-2)21-17-11-7-5-9-15(17)20(22)23/h2,5-12,19,21H,3,13-14H2,1H3/t19-/m1/s1. The Kier molecular flexibility index (Phi) is 4.72. The lowest BCUT2D eigenvalue weighted by molar-refractivity contribution is 0.0681. The van der Waals surface area contributed by atoms with Gasteiger partial charge >= 0.3 is 0 Å². The van der Waals surface area contributed by atoms with Crippen molar-refractivity contribution in [3.63, 3.8) is 0 Å². The molecular formula is C20H20N2O2. The number of carbonyl (C=O) groups is 1. The van der Waals surface area contributed by atoms with Crippen LogP contribution >= 0.6 is 0 Å². The van der Waals surface area contributed by atoms with Crippen LogP contribution in [0.2, 0.25) is 0 Å². The summed E-state index contributed by atoms with van der Waals surface area (Å²) < 4.78 is 5.68. The average Bonchev–Trinajstić information content (AvgIpc) is 2.62. The van der Waals surface area contributed by atoms with Crippen molar-refractivity contribution < 1.29 is 9.53 Å². The Balaban J connectivity index is 2.03. The number of para-hydroxylation sites is 2. The number of nitrogens with one attached hydrogen (secondary N) is 1. The smallest absolute Gasteiger partial charge is 0.257 e. The molecule has 1 heterocycles. The van der Waals surface area contributed by atoms with Crippen molar-refractivity contribution in [3.05, 3.63) is 59.7 Å². The molecule has 1 atom stereocenters. The summed E-state index contributed by atoms with van der Waals surface area (Å²) in [5.41, 5.74) is 2.44. The number of amides is 1. The molecule has 3 rings (SSSR count). The second kappa shape index (κ2) is 7.10. The maximum Gasteiger partial charge on any atom is 0.257 e. The maximum absolute atomic E-state index is 12.9. The SMILES string of the molecule is C#CCOc1ccccc1[C@@H]1Nc2ccccc2C(=O)N1CCC. The largest absolute Gasteiger partial charge is 0.481 e. The number of carbonyl (C=O) groups excluding carboxylic acids is 1. The molecule has 0 saturated heterocycles. The summed E-state index contributed by atoms with van der Waals surface area (Å²) >= 11 is 0. The van der Waals surface area contributed by atoms with E-state index in [4.69, 9.17) is 11.2 Å². The average molecular weight is 320 g/mol. The molecule has 0 aliphatic carbocycles. The maximum atomic E-state index is 12.9. The number of fused-ring (bicyclic) bond motifs is 1. The quantitative estimate of drug-likeness (QED) is 0.855. The Bertz CT molecular complexity index is 779. The lowest BCUT2D eigenvalue weighted by atomic mass is 10.0. The normalized spacial score (nSPS) is 16.1. The zero-order valence-corrected chi connectivity index (χ0v) is 13.7. The van der Waals surface area contributed by atoms with Crippen LogP contribution in [-0.2, 0) is 0 Å². The molecule has 0 saturated carbocycles. The predicted octanol–water partition coefficient (Wildman–Crippen LogP) is 3.68. The van der Waals surface area contributed by atoms with Crippen molar-refractivity contribution >= 4 is 11.6 Å². The van der Waals surface area contributed by atoms with Crippen molar-refractivity contribution in [3.8, 4) is 18.1 Å². The fourth-order valence-electron chi connectivity index (χ4n) is 2.97. The molecule has 0 aromatic heterocycles. The van der Waals surface area contributed by atoms with E-state index in [0.717, 1.165) is 17.7 Å². The molecule has 0 radical (unpaired) electrons. The number of ether oxygens (including phenoxy) is 1. The molecule has 1 aliphatic heterocycles. The number of nitrogens with zero attached hydrogens (tertiary/aromatic N) is 1. The summed E-state index contributed by atoms with van der Waals surface area (Å²) in [6.07, 6.45) is 5.91. The third-order valence-electron chi connectivity index (χ3n) is 4.01. The molecule has 4 heteroatoms. The molecule has 0 unspecified atom stereocenters. The van der Waals surface area contributed by atoms with Gasteiger partial charge in [0, 0.05) is 17.8 Å². The lowest BCUT2D eigenvalue weighted by Gasteiger charge is -2.38. The first-order valence-electron chi connectivity index (χ1n) is 8.08. The highest BCUT2D eigenvalue weighted by molar-refractivity contribution is 6.01. The van der Waals surface area contributed by atoms with Crippen LogP contribution in [0.4, 0.5) is 5.69 Å². The molecule has 0 fully saturated rings. The van der Waals surface area contributed by atoms with E-state index in [1.54, 1.807) is 0 Å². The van der Waals surface area contributed by atoms with Crippen molar-refractivity contribution in [1.82, 2.24) is 4.90 Å². The van der Waals surface area contributed by atoms with Gasteiger partial charge in [0.15, 0.2) is 0 Å². The first-order chi connectivity index (χ1) is 11.8. The van der Waals surface area contributed by atoms with E-state index in [1.165, 1.54) is 0 Å². The number of hydrogen-bond acceptors (Lipinski definition) is 3. The summed E-state index contributed by atoms with van der Waals surface area (Å²) in [4.78, 5) is 14.8. The highest BCUT2D eigenvalue weighted by atomic mass is 16.5. The topological polar surface area (TPSA) is 41.6 Å². The third-order valence-corrected chi connectivity index (χ3v) is 4.01. The molecule has 0 bridgehead atoms. The molecule has 0 spiro atoms. The minimum absolute atomic E-state index is 0.0305. The lowest BCUT2D eigenvalue weighted by Crippen LogP contribution is -2.43. The molecule has 1 aliphatic rings. The van der Waals surface area contributed by atoms with Crippen LogP contribution in [-0.4, -0.2) is 24.0 Å². The zero-order valence-electron chi connectivity index (χ0n) is 13.7. The summed E-state index contributed by atoms with van der Waals surface area (Å²) in [6.45, 7) is 2.92. The number of hydrogen-bond donors (Lipinski definition) is 1. The van der Waals surface area contributed by atoms with Crippen LogP contribution in [0.1, 0.15) is 35.4 Å². The van der Waals surface area contributed by atoms with Crippen LogP contribution in [0.3, 0.4) is 0 Å². The summed E-state index contributed by atoms with van der Waals surface area (Å²) in [7, 11) is 0. The summed E-state index contributed by atoms with van der Waals surface area (Å²) in [5, 5.41) is 3.47. The van der Waals surface area contributed by atoms with Gasteiger partial charge in [0.2, 0.25) is 0 Å². The van der Waals surface area contributed by atoms with E-state index in [2.05, 4.69) is 18.2 Å². The Morgan fingerprint density at radius 3 is 2.75 bits per heavy atom. The van der Waals surface area contributed by atoms with Gasteiger partial charge in [0.1, 0.15) is 18.5 Å². The van der Waals surface area contributed by atoms with Crippen LogP contribution in [0.15, 0.2) is 48.5 Å². The van der Waals surface area contributed by atoms with Gasteiger partial charge in [-0.05, 0) is 24.6 Å². The molecular weight excluding hydrogens is 300 g/mol. The molecule has 2 aromatic rings. The molecule has 4 nitrogen and oxygen atoms in total. The number of terminal acetylenes is 1. The van der Waals surface area contributed by atoms with Gasteiger partial charge in [-0.2, -0.15) is 0 Å². The highest BCUT2D eigenvalue weighted by Gasteiger charge is 2.33. The minimum Gasteiger partial charge on any atom is -0.481 e. The van der Waals surface area contributed by atoms with Gasteiger partial charge in [0.25, 0.3) is 5.91 Å². The summed E-state index contributed by atoms with van der Waals surface area (Å²) in [5.74, 6) is 3.21. The Morgan fingerprint density at radius 1 is 1.21 bits per heavy atom. The van der Waals surface area contributed by atoms with Crippen LogP contribution in [0.5, 0.6) is 5.75 Å². The summed E-state index contributed by atoms with van der Waals surface area (Å²) in [6, 6.07) is 15.3. The van der Waals surface area contributed by atoms with Gasteiger partial charge in [-0.15, -0.1) is 6.42 Å². The van der Waals surface area contributed by atoms with Gasteiger partial charge < -0.3 is 15.0 Å². The number of anilines is 1. The first-order valence-corrected chi connectivity index (χ1v) is 8.08. The molecule has 1 amide bonds. The van der Waals surface area contributed by atoms with E-state index >= 15 is 0 Å². The minimum atomic E-state index is -0.277. The van der Waals surface area contributed by atoms with Gasteiger partial charge in [-0.25, -0.2) is 0 Å². The number of benzene rings is 2. The number of rotatable bonds is 5. The fraction of sp³-hybridized carbons (Fsp3) is 0.250. The Labute approximate surface area is 142 Å². The van der Waals surface area contributed by atoms with Crippen molar-refractivity contribution in [2.45, 2.75) is 19.5 Å². The van der Waals surface area contributed by atoms with E-state index in [-0.39, 0.29) is 18.7 Å². The Morgan fingerprint density at radius 2 is 1.96 bits per heavy atom. The zero-order chi connectivity index (χ0) is 16.9. The Hall–Kier alpha value is -2.93. The van der Waals surface area contributed by atoms with Gasteiger partial charge in [0.05, 0.1) is 5.56 Å². The van der Waals surface area contributed by atoms with Gasteiger partial charge in [-0.1, -0.05) is 43.2 Å². The fourth-order valence-corrected chi connectivity index (χ4v) is 2.97. The molecule has 122 valence electrons. The van der Waals surface area contributed by atoms with Gasteiger partial charge in [-0.3, -0.25) is 4.79 Å². The highest BCUT2D eigenvalue weighted by Crippen LogP contribution is 2.36. The second-order valence-electron chi connectivity index (χ2n) is 5.62. The molecule has 1 N–H and O–H groups in total. The third kappa shape index (κ3) is 2.93. The van der Waals surface area contributed by atoms with Crippen molar-refractivity contribution in [1.29, 1.82) is 0 Å². The van der Waals surface area contributed by atoms with Crippen molar-refractivity contribution in [2.24, 2.45) is 0 Å². The predicted molar refractivity (Wildman–Crippen MR) is 94.9 cm³/mol. The van der Waals surface area contributed by atoms with Crippen LogP contribution < -0.4 is 10.1 Å². The van der Waals surface area contributed by atoms with E-state index in [0.29, 0.717) is 17.9 Å².